The second-order valence-electron chi connectivity index (χ2n) is 4.99. The Hall–Kier alpha value is -0.570. The fourth-order valence-electron chi connectivity index (χ4n) is 2.88. The molecular formula is C11H19NO2. The Morgan fingerprint density at radius 3 is 2.79 bits per heavy atom. The zero-order valence-corrected chi connectivity index (χ0v) is 9.21. The van der Waals surface area contributed by atoms with E-state index < -0.39 is 0 Å². The first kappa shape index (κ1) is 9.97. The van der Waals surface area contributed by atoms with E-state index in [0.717, 1.165) is 25.0 Å². The summed E-state index contributed by atoms with van der Waals surface area (Å²) in [7, 11) is 0. The van der Waals surface area contributed by atoms with E-state index in [4.69, 9.17) is 9.94 Å². The van der Waals surface area contributed by atoms with Gasteiger partial charge in [-0.25, -0.2) is 0 Å². The monoisotopic (exact) mass is 197 g/mol. The standard InChI is InChI=1S/C11H19NO2/c1-4-10(2)8-5-6-11(3,14-10)9(7-8)12-13/h8,13H,4-7H2,1-3H3. The highest BCUT2D eigenvalue weighted by molar-refractivity contribution is 5.93. The van der Waals surface area contributed by atoms with Gasteiger partial charge in [0, 0.05) is 0 Å². The van der Waals surface area contributed by atoms with Gasteiger partial charge in [0.25, 0.3) is 0 Å². The summed E-state index contributed by atoms with van der Waals surface area (Å²) in [5, 5.41) is 12.3. The lowest BCUT2D eigenvalue weighted by molar-refractivity contribution is -0.190. The molecule has 1 aliphatic carbocycles. The van der Waals surface area contributed by atoms with Crippen LogP contribution in [0.5, 0.6) is 0 Å². The number of ether oxygens (including phenoxy) is 1. The van der Waals surface area contributed by atoms with E-state index in [1.807, 2.05) is 6.92 Å². The largest absolute Gasteiger partial charge is 0.411 e. The van der Waals surface area contributed by atoms with Crippen LogP contribution in [0, 0.1) is 5.92 Å². The van der Waals surface area contributed by atoms with E-state index >= 15 is 0 Å². The van der Waals surface area contributed by atoms with Crippen LogP contribution >= 0.6 is 0 Å². The first-order chi connectivity index (χ1) is 6.54. The molecule has 2 aliphatic heterocycles. The summed E-state index contributed by atoms with van der Waals surface area (Å²) in [6, 6.07) is 0. The molecule has 3 nitrogen and oxygen atoms in total. The van der Waals surface area contributed by atoms with Gasteiger partial charge in [-0.3, -0.25) is 0 Å². The average Bonchev–Trinajstić information content (AvgIpc) is 2.17. The van der Waals surface area contributed by atoms with Crippen LogP contribution in [0.3, 0.4) is 0 Å². The summed E-state index contributed by atoms with van der Waals surface area (Å²) < 4.78 is 6.12. The summed E-state index contributed by atoms with van der Waals surface area (Å²) in [6.45, 7) is 6.40. The van der Waals surface area contributed by atoms with Gasteiger partial charge in [-0.1, -0.05) is 12.1 Å². The number of nitrogens with zero attached hydrogens (tertiary/aromatic N) is 1. The third kappa shape index (κ3) is 1.18. The average molecular weight is 197 g/mol. The molecule has 3 unspecified atom stereocenters. The Kier molecular flexibility index (Phi) is 2.11. The summed E-state index contributed by atoms with van der Waals surface area (Å²) in [5.41, 5.74) is 0.509. The Morgan fingerprint density at radius 1 is 1.57 bits per heavy atom. The van der Waals surface area contributed by atoms with Crippen molar-refractivity contribution in [2.45, 2.75) is 57.7 Å². The molecule has 2 bridgehead atoms. The van der Waals surface area contributed by atoms with Crippen molar-refractivity contribution in [2.24, 2.45) is 11.1 Å². The molecule has 0 radical (unpaired) electrons. The van der Waals surface area contributed by atoms with Crippen LogP contribution in [0.4, 0.5) is 0 Å². The highest BCUT2D eigenvalue weighted by atomic mass is 16.5. The molecule has 2 saturated heterocycles. The summed E-state index contributed by atoms with van der Waals surface area (Å²) in [4.78, 5) is 0. The molecule has 0 amide bonds. The smallest absolute Gasteiger partial charge is 0.107 e. The van der Waals surface area contributed by atoms with Crippen molar-refractivity contribution in [3.8, 4) is 0 Å². The zero-order chi connectivity index (χ0) is 10.4. The Balaban J connectivity index is 2.32. The number of fused-ring (bicyclic) bond motifs is 3. The van der Waals surface area contributed by atoms with Crippen LogP contribution in [0.25, 0.3) is 0 Å². The Bertz CT molecular complexity index is 276. The molecule has 14 heavy (non-hydrogen) atoms. The van der Waals surface area contributed by atoms with Gasteiger partial charge >= 0.3 is 0 Å². The van der Waals surface area contributed by atoms with Crippen molar-refractivity contribution < 1.29 is 9.94 Å². The molecule has 0 spiro atoms. The van der Waals surface area contributed by atoms with Crippen LogP contribution in [0.1, 0.15) is 46.5 Å². The van der Waals surface area contributed by atoms with Crippen molar-refractivity contribution in [2.75, 3.05) is 0 Å². The topological polar surface area (TPSA) is 41.8 Å². The van der Waals surface area contributed by atoms with Crippen molar-refractivity contribution in [1.82, 2.24) is 0 Å². The van der Waals surface area contributed by atoms with E-state index in [-0.39, 0.29) is 11.2 Å². The van der Waals surface area contributed by atoms with E-state index in [1.54, 1.807) is 0 Å². The first-order valence-electron chi connectivity index (χ1n) is 5.45. The molecule has 3 atom stereocenters. The molecule has 1 N–H and O–H groups in total. The van der Waals surface area contributed by atoms with E-state index in [2.05, 4.69) is 19.0 Å². The van der Waals surface area contributed by atoms with Crippen LogP contribution in [0.2, 0.25) is 0 Å². The second kappa shape index (κ2) is 2.96. The highest BCUT2D eigenvalue weighted by Crippen LogP contribution is 2.49. The summed E-state index contributed by atoms with van der Waals surface area (Å²) in [5.74, 6) is 0.528. The minimum atomic E-state index is -0.311. The summed E-state index contributed by atoms with van der Waals surface area (Å²) >= 11 is 0. The molecule has 1 saturated carbocycles. The molecule has 0 aromatic heterocycles. The van der Waals surface area contributed by atoms with Gasteiger partial charge in [-0.15, -0.1) is 0 Å². The van der Waals surface area contributed by atoms with Crippen LogP contribution in [-0.4, -0.2) is 22.1 Å². The minimum absolute atomic E-state index is 0.0127. The van der Waals surface area contributed by atoms with E-state index in [0.29, 0.717) is 5.92 Å². The molecule has 0 aromatic carbocycles. The van der Waals surface area contributed by atoms with E-state index in [9.17, 15) is 0 Å². The van der Waals surface area contributed by atoms with Gasteiger partial charge in [-0.2, -0.15) is 0 Å². The molecular weight excluding hydrogens is 178 g/mol. The fraction of sp³-hybridized carbons (Fsp3) is 0.909. The first-order valence-corrected chi connectivity index (χ1v) is 5.45. The van der Waals surface area contributed by atoms with Gasteiger partial charge in [-0.05, 0) is 45.4 Å². The Labute approximate surface area is 85.1 Å². The normalized spacial score (nSPS) is 49.9. The lowest BCUT2D eigenvalue weighted by Crippen LogP contribution is -2.60. The fourth-order valence-corrected chi connectivity index (χ4v) is 2.88. The number of rotatable bonds is 1. The van der Waals surface area contributed by atoms with Crippen molar-refractivity contribution >= 4 is 5.71 Å². The van der Waals surface area contributed by atoms with Gasteiger partial charge in [0.05, 0.1) is 11.3 Å². The maximum absolute atomic E-state index is 8.93. The maximum atomic E-state index is 8.93. The SMILES string of the molecule is CCC1(C)OC2(C)CCC1CC2=NO. The highest BCUT2D eigenvalue weighted by Gasteiger charge is 2.53. The second-order valence-corrected chi connectivity index (χ2v) is 4.99. The number of hydrogen-bond donors (Lipinski definition) is 1. The van der Waals surface area contributed by atoms with E-state index in [1.165, 1.54) is 6.42 Å². The third-order valence-electron chi connectivity index (χ3n) is 4.16. The number of hydrogen-bond acceptors (Lipinski definition) is 3. The van der Waals surface area contributed by atoms with Crippen LogP contribution < -0.4 is 0 Å². The van der Waals surface area contributed by atoms with Crippen molar-refractivity contribution in [3.63, 3.8) is 0 Å². The van der Waals surface area contributed by atoms with Gasteiger partial charge in [0.15, 0.2) is 0 Å². The molecule has 3 fully saturated rings. The summed E-state index contributed by atoms with van der Waals surface area (Å²) in [6.07, 6.45) is 4.12. The van der Waals surface area contributed by atoms with Crippen LogP contribution in [-0.2, 0) is 4.74 Å². The third-order valence-corrected chi connectivity index (χ3v) is 4.16. The van der Waals surface area contributed by atoms with Gasteiger partial charge in [0.1, 0.15) is 5.60 Å². The quantitative estimate of drug-likeness (QED) is 0.518. The molecule has 80 valence electrons. The maximum Gasteiger partial charge on any atom is 0.107 e. The lowest BCUT2D eigenvalue weighted by Gasteiger charge is -2.55. The molecule has 2 heterocycles. The van der Waals surface area contributed by atoms with Gasteiger partial charge < -0.3 is 9.94 Å². The van der Waals surface area contributed by atoms with Crippen molar-refractivity contribution in [3.05, 3.63) is 0 Å². The van der Waals surface area contributed by atoms with Crippen LogP contribution in [0.15, 0.2) is 5.16 Å². The predicted molar refractivity (Wildman–Crippen MR) is 54.7 cm³/mol. The molecule has 3 rings (SSSR count). The number of oxime groups is 1. The van der Waals surface area contributed by atoms with Crippen molar-refractivity contribution in [1.29, 1.82) is 0 Å². The molecule has 0 aromatic rings. The van der Waals surface area contributed by atoms with Gasteiger partial charge in [0.2, 0.25) is 0 Å². The molecule has 3 aliphatic rings. The lowest BCUT2D eigenvalue weighted by atomic mass is 9.66. The minimum Gasteiger partial charge on any atom is -0.411 e. The Morgan fingerprint density at radius 2 is 2.29 bits per heavy atom. The zero-order valence-electron chi connectivity index (χ0n) is 9.21. The molecule has 3 heteroatoms. The predicted octanol–water partition coefficient (Wildman–Crippen LogP) is 2.57.